The van der Waals surface area contributed by atoms with Gasteiger partial charge in [-0.1, -0.05) is 30.3 Å². The van der Waals surface area contributed by atoms with Crippen molar-refractivity contribution in [2.75, 3.05) is 0 Å². The van der Waals surface area contributed by atoms with Crippen LogP contribution in [-0.4, -0.2) is 57.7 Å². The van der Waals surface area contributed by atoms with E-state index in [-0.39, 0.29) is 51.4 Å². The molecule has 1 aromatic rings. The number of aldehydes is 1. The number of hydrogen-bond acceptors (Lipinski definition) is 1. The van der Waals surface area contributed by atoms with Gasteiger partial charge >= 0.3 is 0 Å². The van der Waals surface area contributed by atoms with Crippen molar-refractivity contribution < 1.29 is 4.79 Å². The van der Waals surface area contributed by atoms with E-state index in [4.69, 9.17) is 0 Å². The molecule has 0 amide bonds. The van der Waals surface area contributed by atoms with Gasteiger partial charge in [0.25, 0.3) is 0 Å². The Bertz CT molecular complexity index is 172. The summed E-state index contributed by atoms with van der Waals surface area (Å²) in [6.45, 7) is 0. The van der Waals surface area contributed by atoms with Gasteiger partial charge in [0.2, 0.25) is 0 Å². The van der Waals surface area contributed by atoms with Crippen molar-refractivity contribution in [3.8, 4) is 0 Å². The van der Waals surface area contributed by atoms with Crippen LogP contribution in [0.2, 0.25) is 0 Å². The molecule has 0 unspecified atom stereocenters. The molecular weight excluding hydrogens is 139 g/mol. The molecule has 0 atom stereocenters. The molecule has 0 heterocycles. The van der Waals surface area contributed by atoms with E-state index in [0.29, 0.717) is 0 Å². The molecule has 0 aliphatic heterocycles. The van der Waals surface area contributed by atoms with Gasteiger partial charge in [-0.25, -0.2) is 0 Å². The molecule has 0 bridgehead atoms. The van der Waals surface area contributed by atoms with Gasteiger partial charge in [0.1, 0.15) is 6.29 Å². The minimum atomic E-state index is 0. The maximum absolute atomic E-state index is 10.0. The van der Waals surface area contributed by atoms with Gasteiger partial charge in [-0.2, -0.15) is 0 Å². The molecule has 41 valence electrons. The van der Waals surface area contributed by atoms with Crippen LogP contribution < -0.4 is 0 Å². The van der Waals surface area contributed by atoms with Crippen LogP contribution in [0.5, 0.6) is 0 Å². The number of benzene rings is 1. The van der Waals surface area contributed by atoms with Crippen LogP contribution >= 0.6 is 0 Å². The minimum absolute atomic E-state index is 0. The van der Waals surface area contributed by atoms with E-state index >= 15 is 0 Å². The monoisotopic (exact) mass is 145 g/mol. The molecular formula is C7H6KO. The summed E-state index contributed by atoms with van der Waals surface area (Å²) in [6, 6.07) is 9.10. The average Bonchev–Trinajstić information content (AvgIpc) is 1.90. The third kappa shape index (κ3) is 3.28. The summed E-state index contributed by atoms with van der Waals surface area (Å²) < 4.78 is 0. The second-order valence-corrected chi connectivity index (χ2v) is 1.53. The predicted octanol–water partition coefficient (Wildman–Crippen LogP) is 1.12. The number of carbonyl (C=O) groups is 1. The van der Waals surface area contributed by atoms with Crippen molar-refractivity contribution in [1.82, 2.24) is 0 Å². The summed E-state index contributed by atoms with van der Waals surface area (Å²) in [6.07, 6.45) is 0.833. The molecule has 2 heteroatoms. The van der Waals surface area contributed by atoms with E-state index in [1.807, 2.05) is 18.2 Å². The van der Waals surface area contributed by atoms with Gasteiger partial charge in [0.05, 0.1) is 0 Å². The van der Waals surface area contributed by atoms with Crippen molar-refractivity contribution in [1.29, 1.82) is 0 Å². The molecule has 0 N–H and O–H groups in total. The molecule has 1 aromatic carbocycles. The Kier molecular flexibility index (Phi) is 5.63. The van der Waals surface area contributed by atoms with E-state index < -0.39 is 0 Å². The molecule has 0 fully saturated rings. The first kappa shape index (κ1) is 9.53. The maximum atomic E-state index is 10.0. The van der Waals surface area contributed by atoms with Gasteiger partial charge in [-0.15, -0.1) is 0 Å². The van der Waals surface area contributed by atoms with Crippen LogP contribution in [0, 0.1) is 0 Å². The first-order chi connectivity index (χ1) is 3.93. The fourth-order valence-electron chi connectivity index (χ4n) is 0.532. The van der Waals surface area contributed by atoms with Crippen molar-refractivity contribution in [3.05, 3.63) is 35.9 Å². The van der Waals surface area contributed by atoms with Crippen LogP contribution in [0.4, 0.5) is 0 Å². The van der Waals surface area contributed by atoms with Crippen molar-refractivity contribution in [2.45, 2.75) is 0 Å². The van der Waals surface area contributed by atoms with Gasteiger partial charge in [-0.3, -0.25) is 4.79 Å². The van der Waals surface area contributed by atoms with E-state index in [0.717, 1.165) is 11.8 Å². The second-order valence-electron chi connectivity index (χ2n) is 1.53. The zero-order chi connectivity index (χ0) is 5.82. The third-order valence-electron chi connectivity index (χ3n) is 0.936. The molecule has 0 aliphatic rings. The standard InChI is InChI=1S/C7H6O.K/c8-6-7-4-2-1-3-5-7;/h1-6H;. The summed E-state index contributed by atoms with van der Waals surface area (Å²) in [7, 11) is 0. The molecule has 9 heavy (non-hydrogen) atoms. The Labute approximate surface area is 96.9 Å². The summed E-state index contributed by atoms with van der Waals surface area (Å²) in [4.78, 5) is 10.0. The van der Waals surface area contributed by atoms with Gasteiger partial charge in [0.15, 0.2) is 0 Å². The largest absolute Gasteiger partial charge is 0.298 e. The van der Waals surface area contributed by atoms with Crippen LogP contribution in [0.1, 0.15) is 10.4 Å². The quantitative estimate of drug-likeness (QED) is 0.427. The normalized spacial score (nSPS) is 7.56. The first-order valence-corrected chi connectivity index (χ1v) is 2.44. The molecule has 0 saturated carbocycles. The van der Waals surface area contributed by atoms with E-state index in [9.17, 15) is 4.79 Å². The zero-order valence-electron chi connectivity index (χ0n) is 5.37. The Balaban J connectivity index is 0.000000640. The van der Waals surface area contributed by atoms with E-state index in [2.05, 4.69) is 0 Å². The molecule has 0 saturated heterocycles. The van der Waals surface area contributed by atoms with E-state index in [1.165, 1.54) is 0 Å². The Morgan fingerprint density at radius 2 is 1.67 bits per heavy atom. The van der Waals surface area contributed by atoms with Crippen LogP contribution in [-0.2, 0) is 0 Å². The Morgan fingerprint density at radius 3 is 2.00 bits per heavy atom. The SMILES string of the molecule is O=Cc1ccccc1.[K]. The Hall–Kier alpha value is 0.526. The zero-order valence-corrected chi connectivity index (χ0v) is 8.50. The molecule has 1 radical (unpaired) electrons. The number of rotatable bonds is 1. The fraction of sp³-hybridized carbons (Fsp3) is 0. The van der Waals surface area contributed by atoms with E-state index in [1.54, 1.807) is 12.1 Å². The molecule has 1 nitrogen and oxygen atoms in total. The third-order valence-corrected chi connectivity index (χ3v) is 0.936. The topological polar surface area (TPSA) is 17.1 Å². The van der Waals surface area contributed by atoms with Crippen LogP contribution in [0.15, 0.2) is 30.3 Å². The number of hydrogen-bond donors (Lipinski definition) is 0. The van der Waals surface area contributed by atoms with Crippen LogP contribution in [0.3, 0.4) is 0 Å². The number of carbonyl (C=O) groups excluding carboxylic acids is 1. The smallest absolute Gasteiger partial charge is 0.150 e. The summed E-state index contributed by atoms with van der Waals surface area (Å²) in [5, 5.41) is 0. The van der Waals surface area contributed by atoms with Gasteiger partial charge in [0, 0.05) is 56.9 Å². The van der Waals surface area contributed by atoms with Gasteiger partial charge < -0.3 is 0 Å². The van der Waals surface area contributed by atoms with Crippen molar-refractivity contribution in [3.63, 3.8) is 0 Å². The molecule has 1 rings (SSSR count). The average molecular weight is 145 g/mol. The molecule has 0 aliphatic carbocycles. The predicted molar refractivity (Wildman–Crippen MR) is 37.6 cm³/mol. The van der Waals surface area contributed by atoms with Gasteiger partial charge in [-0.05, 0) is 0 Å². The molecule has 0 spiro atoms. The minimum Gasteiger partial charge on any atom is -0.298 e. The molecule has 0 aromatic heterocycles. The second kappa shape index (κ2) is 5.32. The van der Waals surface area contributed by atoms with Crippen LogP contribution in [0.25, 0.3) is 0 Å². The summed E-state index contributed by atoms with van der Waals surface area (Å²) >= 11 is 0. The summed E-state index contributed by atoms with van der Waals surface area (Å²) in [5.74, 6) is 0. The fourth-order valence-corrected chi connectivity index (χ4v) is 0.532. The summed E-state index contributed by atoms with van der Waals surface area (Å²) in [5.41, 5.74) is 0.729. The van der Waals surface area contributed by atoms with Crippen molar-refractivity contribution >= 4 is 57.7 Å². The van der Waals surface area contributed by atoms with Crippen molar-refractivity contribution in [2.24, 2.45) is 0 Å². The maximum Gasteiger partial charge on any atom is 0.150 e. The first-order valence-electron chi connectivity index (χ1n) is 2.44. The Morgan fingerprint density at radius 1 is 1.11 bits per heavy atom.